The number of pyridine rings is 1. The molecule has 2 aromatic heterocycles. The number of aryl methyl sites for hydroxylation is 1. The van der Waals surface area contributed by atoms with Gasteiger partial charge in [0.1, 0.15) is 0 Å². The highest BCUT2D eigenvalue weighted by atomic mass is 32.1. The van der Waals surface area contributed by atoms with E-state index in [2.05, 4.69) is 33.6 Å². The number of aromatic nitrogens is 1. The van der Waals surface area contributed by atoms with Gasteiger partial charge in [-0.25, -0.2) is 0 Å². The Morgan fingerprint density at radius 3 is 2.85 bits per heavy atom. The van der Waals surface area contributed by atoms with Crippen LogP contribution < -0.4 is 19.7 Å². The number of ether oxygens (including phenoxy) is 2. The number of anilines is 1. The summed E-state index contributed by atoms with van der Waals surface area (Å²) < 4.78 is 11.0. The first-order valence-electron chi connectivity index (χ1n) is 8.66. The van der Waals surface area contributed by atoms with Crippen molar-refractivity contribution in [3.63, 3.8) is 0 Å². The molecule has 2 atom stereocenters. The maximum Gasteiger partial charge on any atom is 0.231 e. The number of benzene rings is 1. The normalized spacial score (nSPS) is 20.8. The maximum atomic E-state index is 5.74. The number of nitrogens with one attached hydrogen (secondary N) is 1. The maximum absolute atomic E-state index is 5.74. The average molecular weight is 396 g/mol. The highest BCUT2D eigenvalue weighted by molar-refractivity contribution is 7.80. The minimum absolute atomic E-state index is 0.0211. The molecule has 0 aliphatic carbocycles. The standard InChI is InChI=1S/C20H17N3O2S2/c1-12-7-9-27-19(12)18-17(14-4-2-3-8-21-14)22-20(26)23(18)13-5-6-15-16(10-13)25-11-24-15/h2-10,17-18H,11H2,1H3,(H,22,26)/t17-,18+/m0/s1. The van der Waals surface area contributed by atoms with Crippen LogP contribution in [0, 0.1) is 6.92 Å². The number of hydrogen-bond acceptors (Lipinski definition) is 5. The second-order valence-corrected chi connectivity index (χ2v) is 7.84. The summed E-state index contributed by atoms with van der Waals surface area (Å²) in [6.07, 6.45) is 1.82. The number of thiophene rings is 1. The van der Waals surface area contributed by atoms with Gasteiger partial charge in [-0.05, 0) is 60.4 Å². The van der Waals surface area contributed by atoms with Gasteiger partial charge in [-0.1, -0.05) is 6.07 Å². The third-order valence-electron chi connectivity index (χ3n) is 4.90. The fraction of sp³-hybridized carbons (Fsp3) is 0.200. The molecular formula is C20H17N3O2S2. The van der Waals surface area contributed by atoms with Crippen molar-refractivity contribution in [3.05, 3.63) is 70.2 Å². The van der Waals surface area contributed by atoms with Crippen LogP contribution in [0.4, 0.5) is 5.69 Å². The highest BCUT2D eigenvalue weighted by Gasteiger charge is 2.42. The molecule has 1 fully saturated rings. The summed E-state index contributed by atoms with van der Waals surface area (Å²) in [6, 6.07) is 14.1. The largest absolute Gasteiger partial charge is 0.454 e. The van der Waals surface area contributed by atoms with Crippen molar-refractivity contribution in [2.45, 2.75) is 19.0 Å². The van der Waals surface area contributed by atoms with Crippen molar-refractivity contribution in [1.29, 1.82) is 0 Å². The van der Waals surface area contributed by atoms with Gasteiger partial charge in [-0.2, -0.15) is 0 Å². The van der Waals surface area contributed by atoms with E-state index < -0.39 is 0 Å². The van der Waals surface area contributed by atoms with Crippen LogP contribution in [0.2, 0.25) is 0 Å². The average Bonchev–Trinajstić information content (AvgIpc) is 3.40. The molecule has 0 amide bonds. The molecule has 7 heteroatoms. The topological polar surface area (TPSA) is 46.6 Å². The molecule has 136 valence electrons. The van der Waals surface area contributed by atoms with E-state index in [1.54, 1.807) is 11.3 Å². The molecule has 27 heavy (non-hydrogen) atoms. The van der Waals surface area contributed by atoms with Crippen molar-refractivity contribution in [3.8, 4) is 11.5 Å². The lowest BCUT2D eigenvalue weighted by atomic mass is 10.0. The lowest BCUT2D eigenvalue weighted by molar-refractivity contribution is 0.174. The molecule has 4 heterocycles. The van der Waals surface area contributed by atoms with Crippen LogP contribution in [0.3, 0.4) is 0 Å². The molecular weight excluding hydrogens is 378 g/mol. The molecule has 1 N–H and O–H groups in total. The van der Waals surface area contributed by atoms with Crippen LogP contribution >= 0.6 is 23.6 Å². The second kappa shape index (κ2) is 6.51. The molecule has 1 saturated heterocycles. The summed E-state index contributed by atoms with van der Waals surface area (Å²) in [5, 5.41) is 6.29. The molecule has 5 rings (SSSR count). The number of fused-ring (bicyclic) bond motifs is 1. The Hall–Kier alpha value is -2.64. The van der Waals surface area contributed by atoms with Gasteiger partial charge in [0.25, 0.3) is 0 Å². The van der Waals surface area contributed by atoms with Gasteiger partial charge < -0.3 is 19.7 Å². The number of hydrogen-bond donors (Lipinski definition) is 1. The van der Waals surface area contributed by atoms with E-state index in [0.29, 0.717) is 5.11 Å². The predicted octanol–water partition coefficient (Wildman–Crippen LogP) is 4.36. The zero-order valence-corrected chi connectivity index (χ0v) is 16.2. The van der Waals surface area contributed by atoms with Gasteiger partial charge in [0.15, 0.2) is 16.6 Å². The van der Waals surface area contributed by atoms with Crippen molar-refractivity contribution in [1.82, 2.24) is 10.3 Å². The molecule has 0 bridgehead atoms. The summed E-state index contributed by atoms with van der Waals surface area (Å²) in [5.41, 5.74) is 3.21. The Bertz CT molecular complexity index is 1010. The smallest absolute Gasteiger partial charge is 0.231 e. The van der Waals surface area contributed by atoms with Crippen LogP contribution in [-0.2, 0) is 0 Å². The quantitative estimate of drug-likeness (QED) is 0.665. The number of rotatable bonds is 3. The minimum atomic E-state index is -0.0264. The molecule has 2 aliphatic rings. The minimum Gasteiger partial charge on any atom is -0.454 e. The van der Waals surface area contributed by atoms with Crippen molar-refractivity contribution in [2.24, 2.45) is 0 Å². The molecule has 0 unspecified atom stereocenters. The van der Waals surface area contributed by atoms with Crippen LogP contribution in [0.1, 0.15) is 28.2 Å². The predicted molar refractivity (Wildman–Crippen MR) is 110 cm³/mol. The lowest BCUT2D eigenvalue weighted by Crippen LogP contribution is -2.29. The van der Waals surface area contributed by atoms with Crippen LogP contribution in [0.15, 0.2) is 54.0 Å². The van der Waals surface area contributed by atoms with E-state index in [-0.39, 0.29) is 18.9 Å². The zero-order chi connectivity index (χ0) is 18.4. The van der Waals surface area contributed by atoms with Crippen molar-refractivity contribution < 1.29 is 9.47 Å². The first-order valence-corrected chi connectivity index (χ1v) is 9.95. The van der Waals surface area contributed by atoms with E-state index in [4.69, 9.17) is 21.7 Å². The van der Waals surface area contributed by atoms with Gasteiger partial charge in [-0.15, -0.1) is 11.3 Å². The summed E-state index contributed by atoms with van der Waals surface area (Å²) >= 11 is 7.49. The van der Waals surface area contributed by atoms with Crippen molar-refractivity contribution in [2.75, 3.05) is 11.7 Å². The second-order valence-electron chi connectivity index (χ2n) is 6.50. The zero-order valence-electron chi connectivity index (χ0n) is 14.6. The SMILES string of the molecule is Cc1ccsc1[C@H]1[C@H](c2ccccn2)NC(=S)N1c1ccc2c(c1)OCO2. The van der Waals surface area contributed by atoms with E-state index in [1.165, 1.54) is 10.4 Å². The molecule has 0 saturated carbocycles. The molecule has 5 nitrogen and oxygen atoms in total. The first-order chi connectivity index (χ1) is 13.2. The summed E-state index contributed by atoms with van der Waals surface area (Å²) in [5.74, 6) is 1.51. The van der Waals surface area contributed by atoms with E-state index in [1.807, 2.05) is 42.6 Å². The number of nitrogens with zero attached hydrogens (tertiary/aromatic N) is 2. The van der Waals surface area contributed by atoms with Crippen LogP contribution in [-0.4, -0.2) is 16.9 Å². The van der Waals surface area contributed by atoms with Gasteiger partial charge in [0, 0.05) is 22.8 Å². The highest BCUT2D eigenvalue weighted by Crippen LogP contribution is 2.46. The summed E-state index contributed by atoms with van der Waals surface area (Å²) in [4.78, 5) is 8.02. The fourth-order valence-corrected chi connectivity index (χ4v) is 5.02. The summed E-state index contributed by atoms with van der Waals surface area (Å²) in [6.45, 7) is 2.39. The molecule has 0 radical (unpaired) electrons. The van der Waals surface area contributed by atoms with Crippen molar-refractivity contribution >= 4 is 34.4 Å². The molecule has 1 aromatic carbocycles. The molecule has 2 aliphatic heterocycles. The van der Waals surface area contributed by atoms with E-state index in [0.717, 1.165) is 22.9 Å². The Labute approximate surface area is 166 Å². The Balaban J connectivity index is 1.63. The Kier molecular flexibility index (Phi) is 3.98. The summed E-state index contributed by atoms with van der Waals surface area (Å²) in [7, 11) is 0. The van der Waals surface area contributed by atoms with Gasteiger partial charge in [0.2, 0.25) is 6.79 Å². The van der Waals surface area contributed by atoms with E-state index >= 15 is 0 Å². The fourth-order valence-electron chi connectivity index (χ4n) is 3.62. The third kappa shape index (κ3) is 2.74. The molecule has 0 spiro atoms. The Morgan fingerprint density at radius 1 is 1.19 bits per heavy atom. The van der Waals surface area contributed by atoms with Gasteiger partial charge in [0.05, 0.1) is 17.8 Å². The monoisotopic (exact) mass is 395 g/mol. The van der Waals surface area contributed by atoms with Gasteiger partial charge in [-0.3, -0.25) is 4.98 Å². The lowest BCUT2D eigenvalue weighted by Gasteiger charge is -2.27. The van der Waals surface area contributed by atoms with E-state index in [9.17, 15) is 0 Å². The number of thiocarbonyl (C=S) groups is 1. The Morgan fingerprint density at radius 2 is 2.07 bits per heavy atom. The first kappa shape index (κ1) is 16.5. The third-order valence-corrected chi connectivity index (χ3v) is 6.31. The van der Waals surface area contributed by atoms with Crippen LogP contribution in [0.5, 0.6) is 11.5 Å². The van der Waals surface area contributed by atoms with Gasteiger partial charge >= 0.3 is 0 Å². The van der Waals surface area contributed by atoms with Crippen LogP contribution in [0.25, 0.3) is 0 Å². The molecule has 3 aromatic rings.